The Morgan fingerprint density at radius 2 is 1.80 bits per heavy atom. The first kappa shape index (κ1) is 10.3. The fourth-order valence-electron chi connectivity index (χ4n) is 2.64. The Morgan fingerprint density at radius 3 is 2.33 bits per heavy atom. The van der Waals surface area contributed by atoms with E-state index >= 15 is 0 Å². The molecule has 15 heavy (non-hydrogen) atoms. The first-order valence-corrected chi connectivity index (χ1v) is 5.74. The van der Waals surface area contributed by atoms with Crippen molar-refractivity contribution in [2.75, 3.05) is 10.6 Å². The number of nitrogen functional groups attached to an aromatic ring is 1. The minimum atomic E-state index is 0.655. The van der Waals surface area contributed by atoms with Crippen LogP contribution in [-0.4, -0.2) is 12.1 Å². The molecule has 1 saturated heterocycles. The molecule has 1 fully saturated rings. The molecule has 0 saturated carbocycles. The van der Waals surface area contributed by atoms with E-state index in [4.69, 9.17) is 5.73 Å². The monoisotopic (exact) mass is 204 g/mol. The van der Waals surface area contributed by atoms with Crippen molar-refractivity contribution >= 4 is 11.4 Å². The van der Waals surface area contributed by atoms with Gasteiger partial charge in [0.25, 0.3) is 0 Å². The fraction of sp³-hybridized carbons (Fsp3) is 0.538. The van der Waals surface area contributed by atoms with Gasteiger partial charge in [0.15, 0.2) is 0 Å². The van der Waals surface area contributed by atoms with Crippen LogP contribution in [0.2, 0.25) is 0 Å². The first-order valence-electron chi connectivity index (χ1n) is 5.74. The Morgan fingerprint density at radius 1 is 1.20 bits per heavy atom. The molecule has 1 aromatic rings. The average molecular weight is 204 g/mol. The van der Waals surface area contributed by atoms with Crippen LogP contribution >= 0.6 is 0 Å². The zero-order valence-electron chi connectivity index (χ0n) is 9.83. The van der Waals surface area contributed by atoms with Crippen LogP contribution < -0.4 is 10.6 Å². The smallest absolute Gasteiger partial charge is 0.0402 e. The lowest BCUT2D eigenvalue weighted by atomic mass is 10.1. The molecule has 0 aromatic heterocycles. The summed E-state index contributed by atoms with van der Waals surface area (Å²) in [5.41, 5.74) is 9.27. The van der Waals surface area contributed by atoms with Gasteiger partial charge in [0.05, 0.1) is 0 Å². The first-order chi connectivity index (χ1) is 7.09. The third-order valence-electron chi connectivity index (χ3n) is 3.45. The summed E-state index contributed by atoms with van der Waals surface area (Å²) in [6, 6.07) is 7.53. The molecule has 0 bridgehead atoms. The summed E-state index contributed by atoms with van der Waals surface area (Å²) in [5.74, 6) is 0. The second kappa shape index (κ2) is 3.76. The molecule has 0 aliphatic carbocycles. The molecule has 82 valence electrons. The van der Waals surface area contributed by atoms with Crippen LogP contribution in [0.5, 0.6) is 0 Å². The normalized spacial score (nSPS) is 25.9. The Hall–Kier alpha value is -1.18. The van der Waals surface area contributed by atoms with E-state index in [-0.39, 0.29) is 0 Å². The van der Waals surface area contributed by atoms with Gasteiger partial charge in [-0.1, -0.05) is 0 Å². The summed E-state index contributed by atoms with van der Waals surface area (Å²) >= 11 is 0. The molecule has 0 radical (unpaired) electrons. The van der Waals surface area contributed by atoms with Crippen molar-refractivity contribution in [1.82, 2.24) is 0 Å². The molecule has 1 heterocycles. The second-order valence-corrected chi connectivity index (χ2v) is 4.73. The lowest BCUT2D eigenvalue weighted by Gasteiger charge is -2.30. The molecular formula is C13H20N2. The van der Waals surface area contributed by atoms with E-state index in [1.54, 1.807) is 0 Å². The van der Waals surface area contributed by atoms with E-state index in [2.05, 4.69) is 37.8 Å². The van der Waals surface area contributed by atoms with Gasteiger partial charge in [0.2, 0.25) is 0 Å². The van der Waals surface area contributed by atoms with Gasteiger partial charge in [0.1, 0.15) is 0 Å². The van der Waals surface area contributed by atoms with Gasteiger partial charge in [-0.2, -0.15) is 0 Å². The third-order valence-corrected chi connectivity index (χ3v) is 3.45. The SMILES string of the molecule is Cc1cc(N)ccc1N1[C@@H](C)CC[C@@H]1C. The van der Waals surface area contributed by atoms with Crippen molar-refractivity contribution in [1.29, 1.82) is 0 Å². The van der Waals surface area contributed by atoms with Gasteiger partial charge < -0.3 is 10.6 Å². The van der Waals surface area contributed by atoms with Crippen LogP contribution in [0.1, 0.15) is 32.3 Å². The number of anilines is 2. The minimum absolute atomic E-state index is 0.655. The number of benzene rings is 1. The van der Waals surface area contributed by atoms with E-state index in [9.17, 15) is 0 Å². The zero-order chi connectivity index (χ0) is 11.0. The third kappa shape index (κ3) is 1.81. The molecule has 0 unspecified atom stereocenters. The van der Waals surface area contributed by atoms with Crippen molar-refractivity contribution in [3.05, 3.63) is 23.8 Å². The highest BCUT2D eigenvalue weighted by Crippen LogP contribution is 2.33. The summed E-state index contributed by atoms with van der Waals surface area (Å²) in [7, 11) is 0. The standard InChI is InChI=1S/C13H20N2/c1-9-8-12(14)6-7-13(9)15-10(2)4-5-11(15)3/h6-8,10-11H,4-5,14H2,1-3H3/t10-,11-/m0/s1. The van der Waals surface area contributed by atoms with E-state index in [0.717, 1.165) is 5.69 Å². The van der Waals surface area contributed by atoms with Gasteiger partial charge in [-0.3, -0.25) is 0 Å². The van der Waals surface area contributed by atoms with Crippen molar-refractivity contribution in [2.45, 2.75) is 45.7 Å². The Balaban J connectivity index is 2.36. The molecule has 1 aliphatic heterocycles. The lowest BCUT2D eigenvalue weighted by molar-refractivity contribution is 0.692. The van der Waals surface area contributed by atoms with E-state index in [1.165, 1.54) is 24.1 Å². The van der Waals surface area contributed by atoms with Crippen LogP contribution in [0.25, 0.3) is 0 Å². The lowest BCUT2D eigenvalue weighted by Crippen LogP contribution is -2.33. The van der Waals surface area contributed by atoms with Crippen molar-refractivity contribution in [2.24, 2.45) is 0 Å². The predicted octanol–water partition coefficient (Wildman–Crippen LogP) is 2.95. The molecule has 1 aromatic carbocycles. The van der Waals surface area contributed by atoms with Crippen molar-refractivity contribution < 1.29 is 0 Å². The molecule has 2 atom stereocenters. The number of rotatable bonds is 1. The zero-order valence-corrected chi connectivity index (χ0v) is 9.83. The summed E-state index contributed by atoms with van der Waals surface area (Å²) < 4.78 is 0. The number of nitrogens with two attached hydrogens (primary N) is 1. The Bertz CT molecular complexity index is 350. The van der Waals surface area contributed by atoms with Crippen LogP contribution in [0.4, 0.5) is 11.4 Å². The topological polar surface area (TPSA) is 29.3 Å². The maximum atomic E-state index is 5.78. The summed E-state index contributed by atoms with van der Waals surface area (Å²) in [6.07, 6.45) is 2.59. The summed E-state index contributed by atoms with van der Waals surface area (Å²) in [5, 5.41) is 0. The highest BCUT2D eigenvalue weighted by atomic mass is 15.2. The van der Waals surface area contributed by atoms with Crippen molar-refractivity contribution in [3.63, 3.8) is 0 Å². The molecule has 2 nitrogen and oxygen atoms in total. The second-order valence-electron chi connectivity index (χ2n) is 4.73. The van der Waals surface area contributed by atoms with E-state index < -0.39 is 0 Å². The van der Waals surface area contributed by atoms with Crippen LogP contribution in [0.3, 0.4) is 0 Å². The summed E-state index contributed by atoms with van der Waals surface area (Å²) in [4.78, 5) is 2.52. The number of aryl methyl sites for hydroxylation is 1. The van der Waals surface area contributed by atoms with Gasteiger partial charge in [-0.05, 0) is 57.4 Å². The number of nitrogens with zero attached hydrogens (tertiary/aromatic N) is 1. The quantitative estimate of drug-likeness (QED) is 0.713. The van der Waals surface area contributed by atoms with Gasteiger partial charge in [-0.15, -0.1) is 0 Å². The molecule has 1 aliphatic rings. The average Bonchev–Trinajstić information content (AvgIpc) is 2.48. The van der Waals surface area contributed by atoms with Crippen LogP contribution in [-0.2, 0) is 0 Å². The molecule has 0 spiro atoms. The predicted molar refractivity (Wildman–Crippen MR) is 66.2 cm³/mol. The fourth-order valence-corrected chi connectivity index (χ4v) is 2.64. The molecule has 2 heteroatoms. The van der Waals surface area contributed by atoms with Gasteiger partial charge >= 0.3 is 0 Å². The number of hydrogen-bond acceptors (Lipinski definition) is 2. The number of hydrogen-bond donors (Lipinski definition) is 1. The van der Waals surface area contributed by atoms with Gasteiger partial charge in [0, 0.05) is 23.5 Å². The van der Waals surface area contributed by atoms with Crippen molar-refractivity contribution in [3.8, 4) is 0 Å². The van der Waals surface area contributed by atoms with Crippen LogP contribution in [0.15, 0.2) is 18.2 Å². The Kier molecular flexibility index (Phi) is 2.59. The molecule has 2 rings (SSSR count). The van der Waals surface area contributed by atoms with Gasteiger partial charge in [-0.25, -0.2) is 0 Å². The van der Waals surface area contributed by atoms with E-state index in [0.29, 0.717) is 12.1 Å². The molecule has 2 N–H and O–H groups in total. The largest absolute Gasteiger partial charge is 0.399 e. The van der Waals surface area contributed by atoms with E-state index in [1.807, 2.05) is 6.07 Å². The Labute approximate surface area is 92.1 Å². The molecular weight excluding hydrogens is 184 g/mol. The maximum absolute atomic E-state index is 5.78. The minimum Gasteiger partial charge on any atom is -0.399 e. The maximum Gasteiger partial charge on any atom is 0.0402 e. The highest BCUT2D eigenvalue weighted by Gasteiger charge is 2.28. The summed E-state index contributed by atoms with van der Waals surface area (Å²) in [6.45, 7) is 6.75. The van der Waals surface area contributed by atoms with Crippen LogP contribution in [0, 0.1) is 6.92 Å². The highest BCUT2D eigenvalue weighted by molar-refractivity contribution is 5.60. The molecule has 0 amide bonds.